The lowest BCUT2D eigenvalue weighted by Gasteiger charge is -2.20. The normalized spacial score (nSPS) is 22.9. The van der Waals surface area contributed by atoms with Crippen molar-refractivity contribution < 1.29 is 26.7 Å². The second kappa shape index (κ2) is 7.27. The molecule has 0 bridgehead atoms. The van der Waals surface area contributed by atoms with Crippen LogP contribution in [0.5, 0.6) is 5.75 Å². The van der Waals surface area contributed by atoms with Gasteiger partial charge >= 0.3 is 6.18 Å². The maximum atomic E-state index is 12.8. The minimum atomic E-state index is -4.46. The van der Waals surface area contributed by atoms with Crippen molar-refractivity contribution in [1.82, 2.24) is 24.7 Å². The van der Waals surface area contributed by atoms with Gasteiger partial charge in [0, 0.05) is 25.2 Å². The van der Waals surface area contributed by atoms with Crippen LogP contribution in [0.2, 0.25) is 0 Å². The van der Waals surface area contributed by atoms with Crippen molar-refractivity contribution in [3.8, 4) is 5.75 Å². The Morgan fingerprint density at radius 1 is 1.10 bits per heavy atom. The number of anilines is 1. The molecule has 0 N–H and O–H groups in total. The molecule has 31 heavy (non-hydrogen) atoms. The van der Waals surface area contributed by atoms with Gasteiger partial charge in [0.15, 0.2) is 5.65 Å². The van der Waals surface area contributed by atoms with Gasteiger partial charge in [-0.3, -0.25) is 4.98 Å². The Balaban J connectivity index is 1.20. The summed E-state index contributed by atoms with van der Waals surface area (Å²) in [7, 11) is 0. The average molecular weight is 440 g/mol. The lowest BCUT2D eigenvalue weighted by molar-refractivity contribution is -0.138. The highest BCUT2D eigenvalue weighted by molar-refractivity contribution is 5.71. The molecule has 2 aliphatic rings. The van der Waals surface area contributed by atoms with E-state index in [0.29, 0.717) is 48.5 Å². The SMILES string of the molecule is FC(F)Cn1ncc2ncc(N3C[C@@H]4[C@@H](COc5cncc(C(F)(F)F)c5)[C@@H]4C3)nc21. The lowest BCUT2D eigenvalue weighted by atomic mass is 10.2. The summed E-state index contributed by atoms with van der Waals surface area (Å²) in [5.41, 5.74) is -0.0720. The minimum absolute atomic E-state index is 0.0975. The Hall–Kier alpha value is -3.05. The van der Waals surface area contributed by atoms with Crippen molar-refractivity contribution in [1.29, 1.82) is 0 Å². The third-order valence-electron chi connectivity index (χ3n) is 5.82. The molecule has 7 nitrogen and oxygen atoms in total. The predicted octanol–water partition coefficient (Wildman–Crippen LogP) is 3.27. The molecule has 0 amide bonds. The van der Waals surface area contributed by atoms with Crippen LogP contribution in [-0.2, 0) is 12.7 Å². The van der Waals surface area contributed by atoms with Crippen LogP contribution >= 0.6 is 0 Å². The summed E-state index contributed by atoms with van der Waals surface area (Å²) in [4.78, 5) is 14.3. The largest absolute Gasteiger partial charge is 0.492 e. The number of alkyl halides is 5. The molecule has 1 saturated carbocycles. The van der Waals surface area contributed by atoms with E-state index >= 15 is 0 Å². The number of fused-ring (bicyclic) bond motifs is 2. The molecule has 164 valence electrons. The van der Waals surface area contributed by atoms with Crippen LogP contribution in [0.15, 0.2) is 30.9 Å². The van der Waals surface area contributed by atoms with E-state index in [4.69, 9.17) is 4.74 Å². The predicted molar refractivity (Wildman–Crippen MR) is 98.7 cm³/mol. The summed E-state index contributed by atoms with van der Waals surface area (Å²) >= 11 is 0. The van der Waals surface area contributed by atoms with E-state index in [1.165, 1.54) is 12.4 Å². The Labute approximate surface area is 172 Å². The maximum Gasteiger partial charge on any atom is 0.418 e. The third kappa shape index (κ3) is 3.86. The molecule has 1 aliphatic heterocycles. The van der Waals surface area contributed by atoms with Crippen molar-refractivity contribution in [3.63, 3.8) is 0 Å². The number of ether oxygens (including phenoxy) is 1. The fraction of sp³-hybridized carbons (Fsp3) is 0.474. The topological polar surface area (TPSA) is 69.0 Å². The number of nitrogens with zero attached hydrogens (tertiary/aromatic N) is 6. The second-order valence-corrected chi connectivity index (χ2v) is 7.77. The number of piperidine rings is 1. The highest BCUT2D eigenvalue weighted by Gasteiger charge is 2.56. The monoisotopic (exact) mass is 440 g/mol. The van der Waals surface area contributed by atoms with Gasteiger partial charge in [0.25, 0.3) is 6.43 Å². The molecule has 0 radical (unpaired) electrons. The highest BCUT2D eigenvalue weighted by atomic mass is 19.4. The first-order chi connectivity index (χ1) is 14.8. The fourth-order valence-electron chi connectivity index (χ4n) is 4.19. The van der Waals surface area contributed by atoms with Crippen molar-refractivity contribution in [2.24, 2.45) is 17.8 Å². The van der Waals surface area contributed by atoms with Crippen LogP contribution < -0.4 is 9.64 Å². The molecule has 0 unspecified atom stereocenters. The van der Waals surface area contributed by atoms with E-state index in [0.717, 1.165) is 16.9 Å². The third-order valence-corrected chi connectivity index (χ3v) is 5.82. The summed E-state index contributed by atoms with van der Waals surface area (Å²) in [5, 5.41) is 3.91. The van der Waals surface area contributed by atoms with E-state index in [9.17, 15) is 22.0 Å². The summed E-state index contributed by atoms with van der Waals surface area (Å²) in [6.07, 6.45) is -1.96. The van der Waals surface area contributed by atoms with Crippen LogP contribution in [0.4, 0.5) is 27.8 Å². The Morgan fingerprint density at radius 3 is 2.58 bits per heavy atom. The molecule has 1 aliphatic carbocycles. The smallest absolute Gasteiger partial charge is 0.418 e. The number of hydrogen-bond donors (Lipinski definition) is 0. The zero-order valence-corrected chi connectivity index (χ0v) is 16.0. The summed E-state index contributed by atoms with van der Waals surface area (Å²) in [6, 6.07) is 0.949. The van der Waals surface area contributed by atoms with Gasteiger partial charge in [-0.15, -0.1) is 0 Å². The molecular formula is C19H17F5N6O. The molecule has 0 aromatic carbocycles. The number of rotatable bonds is 6. The van der Waals surface area contributed by atoms with Crippen molar-refractivity contribution in [3.05, 3.63) is 36.4 Å². The summed E-state index contributed by atoms with van der Waals surface area (Å²) < 4.78 is 70.5. The van der Waals surface area contributed by atoms with E-state index in [1.54, 1.807) is 6.20 Å². The number of halogens is 5. The van der Waals surface area contributed by atoms with Gasteiger partial charge < -0.3 is 9.64 Å². The van der Waals surface area contributed by atoms with Gasteiger partial charge in [0.05, 0.1) is 30.8 Å². The molecule has 1 saturated heterocycles. The average Bonchev–Trinajstić information content (AvgIpc) is 3.04. The summed E-state index contributed by atoms with van der Waals surface area (Å²) in [5.74, 6) is 1.61. The first kappa shape index (κ1) is 19.9. The number of hydrogen-bond acceptors (Lipinski definition) is 6. The summed E-state index contributed by atoms with van der Waals surface area (Å²) in [6.45, 7) is 1.17. The van der Waals surface area contributed by atoms with Crippen molar-refractivity contribution in [2.75, 3.05) is 24.6 Å². The molecule has 0 spiro atoms. The molecule has 3 aromatic heterocycles. The lowest BCUT2D eigenvalue weighted by Crippen LogP contribution is -2.26. The zero-order valence-electron chi connectivity index (χ0n) is 16.0. The maximum absolute atomic E-state index is 12.8. The Morgan fingerprint density at radius 2 is 1.87 bits per heavy atom. The van der Waals surface area contributed by atoms with Crippen molar-refractivity contribution >= 4 is 17.0 Å². The van der Waals surface area contributed by atoms with E-state index in [-0.39, 0.29) is 11.7 Å². The highest BCUT2D eigenvalue weighted by Crippen LogP contribution is 2.52. The molecule has 12 heteroatoms. The van der Waals surface area contributed by atoms with Gasteiger partial charge in [-0.2, -0.15) is 18.3 Å². The fourth-order valence-corrected chi connectivity index (χ4v) is 4.19. The van der Waals surface area contributed by atoms with Crippen LogP contribution in [0.1, 0.15) is 5.56 Å². The van der Waals surface area contributed by atoms with Gasteiger partial charge in [0.1, 0.15) is 23.6 Å². The van der Waals surface area contributed by atoms with Crippen LogP contribution in [0.25, 0.3) is 11.2 Å². The Kier molecular flexibility index (Phi) is 4.67. The Bertz CT molecular complexity index is 1090. The number of aromatic nitrogens is 5. The zero-order chi connectivity index (χ0) is 21.8. The quantitative estimate of drug-likeness (QED) is 0.548. The first-order valence-electron chi connectivity index (χ1n) is 9.66. The molecule has 4 heterocycles. The molecule has 2 fully saturated rings. The van der Waals surface area contributed by atoms with Gasteiger partial charge in [0.2, 0.25) is 0 Å². The van der Waals surface area contributed by atoms with Crippen LogP contribution in [0, 0.1) is 17.8 Å². The first-order valence-corrected chi connectivity index (χ1v) is 9.66. The van der Waals surface area contributed by atoms with E-state index < -0.39 is 24.7 Å². The van der Waals surface area contributed by atoms with Gasteiger partial charge in [-0.1, -0.05) is 0 Å². The molecule has 3 atom stereocenters. The second-order valence-electron chi connectivity index (χ2n) is 7.77. The van der Waals surface area contributed by atoms with E-state index in [2.05, 4.69) is 20.1 Å². The number of pyridine rings is 1. The minimum Gasteiger partial charge on any atom is -0.492 e. The standard InChI is InChI=1S/C19H17F5N6O/c20-16(21)8-30-18-15(4-27-30)26-5-17(28-18)29-6-12-13(7-29)14(12)9-31-11-1-10(2-25-3-11)19(22,23)24/h1-5,12-14,16H,6-9H2/t12-,13+,14+. The van der Waals surface area contributed by atoms with Crippen LogP contribution in [0.3, 0.4) is 0 Å². The molecular weight excluding hydrogens is 423 g/mol. The van der Waals surface area contributed by atoms with Gasteiger partial charge in [-0.25, -0.2) is 23.4 Å². The molecule has 3 aromatic rings. The van der Waals surface area contributed by atoms with Crippen molar-refractivity contribution in [2.45, 2.75) is 19.1 Å². The van der Waals surface area contributed by atoms with Gasteiger partial charge in [-0.05, 0) is 17.9 Å². The van der Waals surface area contributed by atoms with E-state index in [1.807, 2.05) is 4.90 Å². The van der Waals surface area contributed by atoms with Crippen LogP contribution in [-0.4, -0.2) is 50.9 Å². The molecule has 5 rings (SSSR count).